The number of rotatable bonds is 8. The number of hydrogen-bond donors (Lipinski definition) is 2. The Hall–Kier alpha value is -5.10. The van der Waals surface area contributed by atoms with Gasteiger partial charge in [-0.15, -0.1) is 0 Å². The molecular weight excluding hydrogens is 508 g/mol. The second-order valence-corrected chi connectivity index (χ2v) is 9.46. The number of nitrogens with zero attached hydrogens (tertiary/aromatic N) is 8. The van der Waals surface area contributed by atoms with Crippen LogP contribution in [0, 0.1) is 0 Å². The molecule has 202 valence electrons. The van der Waals surface area contributed by atoms with Gasteiger partial charge in [-0.05, 0) is 17.2 Å². The lowest BCUT2D eigenvalue weighted by atomic mass is 10.0. The highest BCUT2D eigenvalue weighted by molar-refractivity contribution is 6.17. The number of pyridine rings is 1. The minimum absolute atomic E-state index is 0.279. The third kappa shape index (κ3) is 4.99. The molecule has 1 aliphatic heterocycles. The number of carbonyl (C=O) groups excluding carboxylic acids is 1. The lowest BCUT2D eigenvalue weighted by Gasteiger charge is -2.27. The normalized spacial score (nSPS) is 13.5. The molecule has 1 fully saturated rings. The van der Waals surface area contributed by atoms with Crippen molar-refractivity contribution in [1.29, 1.82) is 0 Å². The topological polar surface area (TPSA) is 142 Å². The fourth-order valence-electron chi connectivity index (χ4n) is 4.51. The molecule has 0 atom stereocenters. The Morgan fingerprint density at radius 1 is 1.07 bits per heavy atom. The highest BCUT2D eigenvalue weighted by atomic mass is 16.5. The van der Waals surface area contributed by atoms with Gasteiger partial charge in [0.1, 0.15) is 6.33 Å². The molecule has 12 heteroatoms. The number of morpholine rings is 1. The van der Waals surface area contributed by atoms with E-state index in [2.05, 4.69) is 31.9 Å². The molecule has 0 bridgehead atoms. The van der Waals surface area contributed by atoms with Crippen LogP contribution >= 0.6 is 0 Å². The van der Waals surface area contributed by atoms with Crippen LogP contribution in [0.4, 0.5) is 11.8 Å². The second kappa shape index (κ2) is 10.6. The Morgan fingerprint density at radius 3 is 2.55 bits per heavy atom. The number of anilines is 2. The number of hydrogen-bond acceptors (Lipinski definition) is 9. The fourth-order valence-corrected chi connectivity index (χ4v) is 4.51. The number of nitrogens with two attached hydrogens (primary N) is 1. The van der Waals surface area contributed by atoms with Crippen molar-refractivity contribution in [3.05, 3.63) is 79.0 Å². The standard InChI is InChI=1S/C28H28N10O2/c1-18(25(29)39)20-4-6-21(7-5-20)23-8-3-19(13-30-23)14-31-26-24-27(35-28(34-26)37-9-11-40-12-10-37)38(17-32-24)22-15-33-36(2)16-22/h3-8,13,15-17H,1,9-12,14H2,2H3,(H2,29,39)(H,31,34,35). The van der Waals surface area contributed by atoms with Crippen molar-refractivity contribution in [1.82, 2.24) is 34.3 Å². The molecule has 0 aliphatic carbocycles. The first-order valence-electron chi connectivity index (χ1n) is 12.8. The van der Waals surface area contributed by atoms with E-state index >= 15 is 0 Å². The number of benzene rings is 1. The smallest absolute Gasteiger partial charge is 0.248 e. The highest BCUT2D eigenvalue weighted by Crippen LogP contribution is 2.26. The Balaban J connectivity index is 1.25. The van der Waals surface area contributed by atoms with Gasteiger partial charge in [0.25, 0.3) is 0 Å². The van der Waals surface area contributed by atoms with E-state index in [0.29, 0.717) is 48.3 Å². The molecule has 40 heavy (non-hydrogen) atoms. The van der Waals surface area contributed by atoms with Gasteiger partial charge in [-0.2, -0.15) is 15.1 Å². The van der Waals surface area contributed by atoms with Gasteiger partial charge >= 0.3 is 0 Å². The predicted molar refractivity (Wildman–Crippen MR) is 152 cm³/mol. The van der Waals surface area contributed by atoms with Gasteiger partial charge in [0.2, 0.25) is 11.9 Å². The van der Waals surface area contributed by atoms with Crippen molar-refractivity contribution in [3.8, 4) is 16.9 Å². The third-order valence-corrected chi connectivity index (χ3v) is 6.76. The minimum atomic E-state index is -0.537. The van der Waals surface area contributed by atoms with Crippen molar-refractivity contribution < 1.29 is 9.53 Å². The van der Waals surface area contributed by atoms with Crippen LogP contribution in [0.3, 0.4) is 0 Å². The van der Waals surface area contributed by atoms with Crippen molar-refractivity contribution >= 4 is 34.4 Å². The number of nitrogens with one attached hydrogen (secondary N) is 1. The number of aromatic nitrogens is 7. The first kappa shape index (κ1) is 25.2. The molecule has 1 aliphatic rings. The summed E-state index contributed by atoms with van der Waals surface area (Å²) in [6, 6.07) is 11.4. The van der Waals surface area contributed by atoms with E-state index in [4.69, 9.17) is 20.4 Å². The van der Waals surface area contributed by atoms with E-state index in [-0.39, 0.29) is 5.57 Å². The van der Waals surface area contributed by atoms with Crippen molar-refractivity contribution in [2.45, 2.75) is 6.54 Å². The van der Waals surface area contributed by atoms with Gasteiger partial charge in [-0.25, -0.2) is 4.98 Å². The number of aryl methyl sites for hydroxylation is 1. The Morgan fingerprint density at radius 2 is 1.88 bits per heavy atom. The van der Waals surface area contributed by atoms with Crippen LogP contribution in [0.15, 0.2) is 67.9 Å². The zero-order chi connectivity index (χ0) is 27.6. The summed E-state index contributed by atoms with van der Waals surface area (Å²) in [5.74, 6) is 0.730. The van der Waals surface area contributed by atoms with E-state index in [1.54, 1.807) is 17.2 Å². The molecule has 1 saturated heterocycles. The summed E-state index contributed by atoms with van der Waals surface area (Å²) >= 11 is 0. The first-order chi connectivity index (χ1) is 19.5. The maximum atomic E-state index is 11.4. The summed E-state index contributed by atoms with van der Waals surface area (Å²) in [6.45, 7) is 6.93. The number of amides is 1. The van der Waals surface area contributed by atoms with Crippen LogP contribution in [-0.2, 0) is 23.1 Å². The number of ether oxygens (including phenoxy) is 1. The van der Waals surface area contributed by atoms with Gasteiger partial charge in [-0.3, -0.25) is 19.0 Å². The second-order valence-electron chi connectivity index (χ2n) is 9.46. The molecule has 0 saturated carbocycles. The first-order valence-corrected chi connectivity index (χ1v) is 12.8. The van der Waals surface area contributed by atoms with E-state index in [9.17, 15) is 4.79 Å². The lowest BCUT2D eigenvalue weighted by Crippen LogP contribution is -2.37. The zero-order valence-corrected chi connectivity index (χ0v) is 22.0. The van der Waals surface area contributed by atoms with E-state index < -0.39 is 5.91 Å². The molecule has 0 radical (unpaired) electrons. The summed E-state index contributed by atoms with van der Waals surface area (Å²) in [6.07, 6.45) is 7.26. The molecule has 5 aromatic rings. The molecule has 1 amide bonds. The maximum Gasteiger partial charge on any atom is 0.248 e. The Kier molecular flexibility index (Phi) is 6.66. The molecule has 0 spiro atoms. The molecule has 5 heterocycles. The third-order valence-electron chi connectivity index (χ3n) is 6.76. The van der Waals surface area contributed by atoms with Gasteiger partial charge in [0, 0.05) is 50.2 Å². The largest absolute Gasteiger partial charge is 0.378 e. The van der Waals surface area contributed by atoms with Crippen LogP contribution in [0.1, 0.15) is 11.1 Å². The summed E-state index contributed by atoms with van der Waals surface area (Å²) < 4.78 is 9.18. The molecule has 3 N–H and O–H groups in total. The van der Waals surface area contributed by atoms with Crippen LogP contribution in [0.2, 0.25) is 0 Å². The Bertz CT molecular complexity index is 1680. The summed E-state index contributed by atoms with van der Waals surface area (Å²) in [5.41, 5.74) is 11.3. The fraction of sp³-hybridized carbons (Fsp3) is 0.214. The van der Waals surface area contributed by atoms with Crippen LogP contribution in [-0.4, -0.2) is 66.5 Å². The quantitative estimate of drug-likeness (QED) is 0.286. The van der Waals surface area contributed by atoms with E-state index in [0.717, 1.165) is 35.6 Å². The molecule has 0 unspecified atom stereocenters. The van der Waals surface area contributed by atoms with E-state index in [1.807, 2.05) is 60.4 Å². The van der Waals surface area contributed by atoms with E-state index in [1.165, 1.54) is 0 Å². The number of imidazole rings is 1. The summed E-state index contributed by atoms with van der Waals surface area (Å²) in [7, 11) is 1.87. The number of primary amides is 1. The minimum Gasteiger partial charge on any atom is -0.378 e. The predicted octanol–water partition coefficient (Wildman–Crippen LogP) is 2.56. The molecule has 6 rings (SSSR count). The maximum absolute atomic E-state index is 11.4. The van der Waals surface area contributed by atoms with Gasteiger partial charge < -0.3 is 20.7 Å². The molecule has 1 aromatic carbocycles. The monoisotopic (exact) mass is 536 g/mol. The number of carbonyl (C=O) groups is 1. The zero-order valence-electron chi connectivity index (χ0n) is 22.0. The SMILES string of the molecule is C=C(C(N)=O)c1ccc(-c2ccc(CNc3nc(N4CCOCC4)nc4c3ncn4-c3cnn(C)c3)cn2)cc1. The summed E-state index contributed by atoms with van der Waals surface area (Å²) in [5, 5.41) is 7.73. The van der Waals surface area contributed by atoms with Crippen LogP contribution < -0.4 is 16.0 Å². The van der Waals surface area contributed by atoms with Crippen molar-refractivity contribution in [2.75, 3.05) is 36.5 Å². The van der Waals surface area contributed by atoms with Gasteiger partial charge in [0.05, 0.1) is 30.8 Å². The van der Waals surface area contributed by atoms with Crippen LogP contribution in [0.25, 0.3) is 33.7 Å². The average molecular weight is 537 g/mol. The molecule has 4 aromatic heterocycles. The highest BCUT2D eigenvalue weighted by Gasteiger charge is 2.20. The van der Waals surface area contributed by atoms with Gasteiger partial charge in [-0.1, -0.05) is 36.9 Å². The number of fused-ring (bicyclic) bond motifs is 1. The molecule has 12 nitrogen and oxygen atoms in total. The average Bonchev–Trinajstić information content (AvgIpc) is 3.62. The van der Waals surface area contributed by atoms with Crippen molar-refractivity contribution in [3.63, 3.8) is 0 Å². The molecular formula is C28H28N10O2. The van der Waals surface area contributed by atoms with Gasteiger partial charge in [0.15, 0.2) is 17.0 Å². The lowest BCUT2D eigenvalue weighted by molar-refractivity contribution is -0.112. The van der Waals surface area contributed by atoms with Crippen LogP contribution in [0.5, 0.6) is 0 Å². The summed E-state index contributed by atoms with van der Waals surface area (Å²) in [4.78, 5) is 32.5. The Labute approximate surface area is 230 Å². The van der Waals surface area contributed by atoms with Crippen molar-refractivity contribution in [2.24, 2.45) is 12.8 Å².